The Kier molecular flexibility index (Phi) is 3.42. The van der Waals surface area contributed by atoms with Gasteiger partial charge in [-0.3, -0.25) is 5.41 Å². The lowest BCUT2D eigenvalue weighted by Gasteiger charge is -2.08. The second-order valence-corrected chi connectivity index (χ2v) is 2.98. The molecule has 0 aliphatic carbocycles. The van der Waals surface area contributed by atoms with Crippen molar-refractivity contribution < 1.29 is 14.2 Å². The first-order valence-corrected chi connectivity index (χ1v) is 4.23. The molecule has 0 atom stereocenters. The van der Waals surface area contributed by atoms with E-state index in [1.165, 1.54) is 0 Å². The van der Waals surface area contributed by atoms with E-state index in [0.29, 0.717) is 18.1 Å². The topological polar surface area (TPSA) is 51.5 Å². The van der Waals surface area contributed by atoms with E-state index >= 15 is 0 Å². The second kappa shape index (κ2) is 4.40. The van der Waals surface area contributed by atoms with Crippen molar-refractivity contribution in [3.05, 3.63) is 23.3 Å². The number of nitrogens with one attached hydrogen (secondary N) is 1. The molecule has 0 radical (unpaired) electrons. The van der Waals surface area contributed by atoms with Crippen LogP contribution in [-0.4, -0.2) is 20.1 Å². The maximum absolute atomic E-state index is 7.51. The Morgan fingerprint density at radius 1 is 1.20 bits per heavy atom. The zero-order chi connectivity index (χ0) is 10.1. The Morgan fingerprint density at radius 2 is 1.80 bits per heavy atom. The summed E-state index contributed by atoms with van der Waals surface area (Å²) in [5.41, 5.74) is 1.75. The number of rotatable bonds is 2. The molecule has 0 amide bonds. The first-order valence-electron chi connectivity index (χ1n) is 4.23. The summed E-state index contributed by atoms with van der Waals surface area (Å²) in [6, 6.07) is 3.61. The molecule has 0 saturated carbocycles. The van der Waals surface area contributed by atoms with Crippen LogP contribution in [0.4, 0.5) is 0 Å². The Labute approximate surface area is 94.1 Å². The van der Waals surface area contributed by atoms with E-state index in [2.05, 4.69) is 0 Å². The third-order valence-electron chi connectivity index (χ3n) is 2.23. The molecule has 0 aromatic heterocycles. The van der Waals surface area contributed by atoms with E-state index in [0.717, 1.165) is 11.1 Å². The van der Waals surface area contributed by atoms with E-state index in [1.807, 2.05) is 6.07 Å². The molecule has 1 aromatic carbocycles. The first kappa shape index (κ1) is 11.7. The van der Waals surface area contributed by atoms with E-state index in [-0.39, 0.29) is 18.3 Å². The Balaban J connectivity index is 0.00000112. The van der Waals surface area contributed by atoms with Crippen LogP contribution in [0.2, 0.25) is 0 Å². The largest absolute Gasteiger partial charge is 0.493 e. The first-order chi connectivity index (χ1) is 6.76. The van der Waals surface area contributed by atoms with Crippen LogP contribution in [0.1, 0.15) is 11.1 Å². The van der Waals surface area contributed by atoms with Crippen LogP contribution < -0.4 is 9.47 Å². The normalized spacial score (nSPS) is 12.5. The maximum Gasteiger partial charge on any atom is 0.214 e. The number of halogens is 1. The molecule has 0 unspecified atom stereocenters. The van der Waals surface area contributed by atoms with Crippen molar-refractivity contribution in [2.24, 2.45) is 0 Å². The highest BCUT2D eigenvalue weighted by atomic mass is 35.5. The average molecular weight is 230 g/mol. The summed E-state index contributed by atoms with van der Waals surface area (Å²) in [6.45, 7) is 0.439. The van der Waals surface area contributed by atoms with Crippen molar-refractivity contribution in [1.29, 1.82) is 5.41 Å². The van der Waals surface area contributed by atoms with E-state index in [9.17, 15) is 0 Å². The van der Waals surface area contributed by atoms with Crippen LogP contribution in [0.25, 0.3) is 0 Å². The number of fused-ring (bicyclic) bond motifs is 1. The molecule has 1 aromatic rings. The van der Waals surface area contributed by atoms with Gasteiger partial charge in [-0.15, -0.1) is 12.4 Å². The number of hydrogen-bond donors (Lipinski definition) is 1. The third-order valence-corrected chi connectivity index (χ3v) is 2.23. The predicted molar refractivity (Wildman–Crippen MR) is 58.4 cm³/mol. The summed E-state index contributed by atoms with van der Waals surface area (Å²) in [7, 11) is 3.16. The van der Waals surface area contributed by atoms with Crippen molar-refractivity contribution in [3.63, 3.8) is 0 Å². The Morgan fingerprint density at radius 3 is 2.40 bits per heavy atom. The summed E-state index contributed by atoms with van der Waals surface area (Å²) in [6.07, 6.45) is 0. The monoisotopic (exact) mass is 229 g/mol. The highest BCUT2D eigenvalue weighted by Crippen LogP contribution is 2.33. The summed E-state index contributed by atoms with van der Waals surface area (Å²) in [4.78, 5) is 0. The fraction of sp³-hybridized carbons (Fsp3) is 0.300. The second-order valence-electron chi connectivity index (χ2n) is 2.98. The minimum absolute atomic E-state index is 0. The number of hydrogen-bond acceptors (Lipinski definition) is 4. The van der Waals surface area contributed by atoms with Crippen molar-refractivity contribution >= 4 is 18.3 Å². The van der Waals surface area contributed by atoms with Gasteiger partial charge in [0.15, 0.2) is 11.5 Å². The average Bonchev–Trinajstić information content (AvgIpc) is 2.58. The van der Waals surface area contributed by atoms with Gasteiger partial charge in [-0.25, -0.2) is 0 Å². The molecule has 1 heterocycles. The summed E-state index contributed by atoms with van der Waals surface area (Å²) in [5, 5.41) is 7.51. The van der Waals surface area contributed by atoms with Crippen molar-refractivity contribution in [2.75, 3.05) is 14.2 Å². The van der Waals surface area contributed by atoms with Crippen molar-refractivity contribution in [2.45, 2.75) is 6.61 Å². The summed E-state index contributed by atoms with van der Waals surface area (Å²) >= 11 is 0. The van der Waals surface area contributed by atoms with Crippen LogP contribution in [0, 0.1) is 5.41 Å². The molecular formula is C10H12ClNO3. The van der Waals surface area contributed by atoms with Gasteiger partial charge < -0.3 is 14.2 Å². The molecule has 1 aliphatic rings. The molecule has 82 valence electrons. The minimum atomic E-state index is 0. The van der Waals surface area contributed by atoms with Gasteiger partial charge in [-0.05, 0) is 12.1 Å². The van der Waals surface area contributed by atoms with Gasteiger partial charge in [0.1, 0.15) is 6.61 Å². The molecular weight excluding hydrogens is 218 g/mol. The fourth-order valence-corrected chi connectivity index (χ4v) is 1.48. The lowest BCUT2D eigenvalue weighted by molar-refractivity contribution is 0.309. The lowest BCUT2D eigenvalue weighted by atomic mass is 10.1. The molecule has 0 fully saturated rings. The molecule has 4 nitrogen and oxygen atoms in total. The zero-order valence-corrected chi connectivity index (χ0v) is 9.31. The van der Waals surface area contributed by atoms with Gasteiger partial charge in [0, 0.05) is 11.1 Å². The van der Waals surface area contributed by atoms with Crippen LogP contribution in [0.15, 0.2) is 12.1 Å². The van der Waals surface area contributed by atoms with E-state index < -0.39 is 0 Å². The van der Waals surface area contributed by atoms with Gasteiger partial charge in [0.2, 0.25) is 5.90 Å². The van der Waals surface area contributed by atoms with Crippen LogP contribution >= 0.6 is 12.4 Å². The van der Waals surface area contributed by atoms with Gasteiger partial charge in [-0.1, -0.05) is 0 Å². The zero-order valence-electron chi connectivity index (χ0n) is 8.49. The number of methoxy groups -OCH3 is 2. The molecule has 15 heavy (non-hydrogen) atoms. The van der Waals surface area contributed by atoms with E-state index in [4.69, 9.17) is 19.6 Å². The lowest BCUT2D eigenvalue weighted by Crippen LogP contribution is -1.96. The van der Waals surface area contributed by atoms with Gasteiger partial charge in [0.05, 0.1) is 14.2 Å². The highest BCUT2D eigenvalue weighted by Gasteiger charge is 2.21. The molecule has 2 rings (SSSR count). The van der Waals surface area contributed by atoms with Crippen molar-refractivity contribution in [1.82, 2.24) is 0 Å². The molecule has 1 N–H and O–H groups in total. The van der Waals surface area contributed by atoms with Crippen molar-refractivity contribution in [3.8, 4) is 11.5 Å². The van der Waals surface area contributed by atoms with Crippen LogP contribution in [0.5, 0.6) is 11.5 Å². The van der Waals surface area contributed by atoms with Crippen LogP contribution in [0.3, 0.4) is 0 Å². The maximum atomic E-state index is 7.51. The van der Waals surface area contributed by atoms with Gasteiger partial charge in [-0.2, -0.15) is 0 Å². The molecule has 5 heteroatoms. The number of ether oxygens (including phenoxy) is 3. The SMILES string of the molecule is COc1cc2c(cc1OC)C(=N)OC2.Cl. The van der Waals surface area contributed by atoms with E-state index in [1.54, 1.807) is 20.3 Å². The van der Waals surface area contributed by atoms with Crippen LogP contribution in [-0.2, 0) is 11.3 Å². The molecule has 0 bridgehead atoms. The third kappa shape index (κ3) is 1.85. The molecule has 0 saturated heterocycles. The molecule has 0 spiro atoms. The minimum Gasteiger partial charge on any atom is -0.493 e. The quantitative estimate of drug-likeness (QED) is 0.844. The summed E-state index contributed by atoms with van der Waals surface area (Å²) in [5.74, 6) is 1.49. The standard InChI is InChI=1S/C10H11NO3.ClH/c1-12-8-3-6-5-14-10(11)7(6)4-9(8)13-2;/h3-4,11H,5H2,1-2H3;1H. The smallest absolute Gasteiger partial charge is 0.214 e. The fourth-order valence-electron chi connectivity index (χ4n) is 1.48. The Bertz CT molecular complexity index is 392. The van der Waals surface area contributed by atoms with Gasteiger partial charge in [0.25, 0.3) is 0 Å². The highest BCUT2D eigenvalue weighted by molar-refractivity contribution is 5.96. The summed E-state index contributed by atoms with van der Waals surface area (Å²) < 4.78 is 15.4. The Hall–Kier alpha value is -1.42. The molecule has 1 aliphatic heterocycles. The van der Waals surface area contributed by atoms with Gasteiger partial charge >= 0.3 is 0 Å². The number of benzene rings is 1. The predicted octanol–water partition coefficient (Wildman–Crippen LogP) is 1.98.